The lowest BCUT2D eigenvalue weighted by Gasteiger charge is -1.86. The highest BCUT2D eigenvalue weighted by Gasteiger charge is 1.75. The van der Waals surface area contributed by atoms with Crippen molar-refractivity contribution in [1.29, 1.82) is 0 Å². The number of hydrogen-bond donors (Lipinski definition) is 2. The number of rotatable bonds is 5. The monoisotopic (exact) mass is 162 g/mol. The predicted molar refractivity (Wildman–Crippen MR) is 48.6 cm³/mol. The van der Waals surface area contributed by atoms with Crippen LogP contribution in [-0.2, 0) is 0 Å². The molecule has 0 unspecified atom stereocenters. The smallest absolute Gasteiger partial charge is 0.0452 e. The van der Waals surface area contributed by atoms with E-state index in [1.165, 1.54) is 25.7 Å². The van der Waals surface area contributed by atoms with Crippen LogP contribution in [0.25, 0.3) is 0 Å². The van der Waals surface area contributed by atoms with Gasteiger partial charge in [-0.05, 0) is 6.42 Å². The van der Waals surface area contributed by atoms with E-state index in [2.05, 4.69) is 13.8 Å². The molecule has 0 aromatic heterocycles. The third-order valence-electron chi connectivity index (χ3n) is 1.27. The number of unbranched alkanes of at least 4 members (excludes halogenated alkanes) is 3. The van der Waals surface area contributed by atoms with Crippen LogP contribution in [0.1, 0.15) is 46.0 Å². The van der Waals surface area contributed by atoms with Crippen LogP contribution in [0.3, 0.4) is 0 Å². The summed E-state index contributed by atoms with van der Waals surface area (Å²) in [5.41, 5.74) is 0. The molecule has 0 bridgehead atoms. The molecule has 0 atom stereocenters. The minimum Gasteiger partial charge on any atom is -0.396 e. The fourth-order valence-electron chi connectivity index (χ4n) is 0.571. The van der Waals surface area contributed by atoms with Gasteiger partial charge < -0.3 is 10.2 Å². The second-order valence-corrected chi connectivity index (χ2v) is 2.51. The molecule has 0 aliphatic heterocycles. The summed E-state index contributed by atoms with van der Waals surface area (Å²) >= 11 is 0. The van der Waals surface area contributed by atoms with Crippen LogP contribution in [-0.4, -0.2) is 23.4 Å². The molecule has 0 heterocycles. The van der Waals surface area contributed by atoms with Gasteiger partial charge in [0.25, 0.3) is 0 Å². The second-order valence-electron chi connectivity index (χ2n) is 2.51. The van der Waals surface area contributed by atoms with E-state index in [-0.39, 0.29) is 13.2 Å². The van der Waals surface area contributed by atoms with E-state index in [1.54, 1.807) is 0 Å². The summed E-state index contributed by atoms with van der Waals surface area (Å²) in [6, 6.07) is 0. The van der Waals surface area contributed by atoms with E-state index in [9.17, 15) is 0 Å². The van der Waals surface area contributed by atoms with Crippen molar-refractivity contribution >= 4 is 0 Å². The van der Waals surface area contributed by atoms with Gasteiger partial charge in [-0.3, -0.25) is 0 Å². The Morgan fingerprint density at radius 3 is 1.18 bits per heavy atom. The van der Waals surface area contributed by atoms with Crippen LogP contribution in [0, 0.1) is 0 Å². The normalized spacial score (nSPS) is 8.73. The van der Waals surface area contributed by atoms with Gasteiger partial charge in [0, 0.05) is 13.2 Å². The third kappa shape index (κ3) is 25.7. The van der Waals surface area contributed by atoms with Crippen molar-refractivity contribution in [3.05, 3.63) is 0 Å². The van der Waals surface area contributed by atoms with Gasteiger partial charge in [0.1, 0.15) is 0 Å². The van der Waals surface area contributed by atoms with Crippen molar-refractivity contribution < 1.29 is 10.2 Å². The highest BCUT2D eigenvalue weighted by Crippen LogP contribution is 1.95. The number of aliphatic hydroxyl groups is 2. The largest absolute Gasteiger partial charge is 0.396 e. The Morgan fingerprint density at radius 1 is 0.727 bits per heavy atom. The lowest BCUT2D eigenvalue weighted by molar-refractivity contribution is 0.221. The maximum atomic E-state index is 7.91. The van der Waals surface area contributed by atoms with E-state index in [4.69, 9.17) is 10.2 Å². The zero-order valence-electron chi connectivity index (χ0n) is 7.84. The van der Waals surface area contributed by atoms with E-state index < -0.39 is 0 Å². The first kappa shape index (κ1) is 13.5. The maximum absolute atomic E-state index is 7.91. The van der Waals surface area contributed by atoms with E-state index in [0.29, 0.717) is 6.42 Å². The molecule has 0 aliphatic carbocycles. The number of aliphatic hydroxyl groups excluding tert-OH is 2. The summed E-state index contributed by atoms with van der Waals surface area (Å²) in [6.45, 7) is 4.65. The molecule has 0 saturated carbocycles. The molecule has 2 N–H and O–H groups in total. The maximum Gasteiger partial charge on any atom is 0.0452 e. The van der Waals surface area contributed by atoms with E-state index in [0.717, 1.165) is 0 Å². The fraction of sp³-hybridized carbons (Fsp3) is 1.00. The van der Waals surface area contributed by atoms with Gasteiger partial charge in [0.2, 0.25) is 0 Å². The van der Waals surface area contributed by atoms with E-state index in [1.807, 2.05) is 0 Å². The Labute approximate surface area is 70.3 Å². The Bertz CT molecular complexity index is 40.8. The van der Waals surface area contributed by atoms with E-state index >= 15 is 0 Å². The minimum atomic E-state index is 0.0938. The number of hydrogen-bond acceptors (Lipinski definition) is 2. The second kappa shape index (κ2) is 16.5. The molecule has 70 valence electrons. The van der Waals surface area contributed by atoms with Crippen molar-refractivity contribution in [3.8, 4) is 0 Å². The van der Waals surface area contributed by atoms with Gasteiger partial charge >= 0.3 is 0 Å². The molecule has 0 aromatic rings. The summed E-state index contributed by atoms with van der Waals surface area (Å²) < 4.78 is 0. The van der Waals surface area contributed by atoms with Crippen molar-refractivity contribution in [2.24, 2.45) is 0 Å². The molecule has 0 rings (SSSR count). The average molecular weight is 162 g/mol. The van der Waals surface area contributed by atoms with Crippen LogP contribution in [0.5, 0.6) is 0 Å². The SMILES string of the molecule is CCCCCC.OCCCO. The van der Waals surface area contributed by atoms with Crippen LogP contribution in [0.2, 0.25) is 0 Å². The first-order valence-corrected chi connectivity index (χ1v) is 4.55. The summed E-state index contributed by atoms with van der Waals surface area (Å²) in [6.07, 6.45) is 6.04. The Balaban J connectivity index is 0. The summed E-state index contributed by atoms with van der Waals surface area (Å²) in [7, 11) is 0. The molecule has 0 spiro atoms. The Kier molecular flexibility index (Phi) is 20.2. The topological polar surface area (TPSA) is 40.5 Å². The Morgan fingerprint density at radius 2 is 1.09 bits per heavy atom. The van der Waals surface area contributed by atoms with Gasteiger partial charge in [0.15, 0.2) is 0 Å². The molecular formula is C9H22O2. The van der Waals surface area contributed by atoms with Gasteiger partial charge in [0.05, 0.1) is 0 Å². The first-order chi connectivity index (χ1) is 5.33. The molecule has 2 nitrogen and oxygen atoms in total. The summed E-state index contributed by atoms with van der Waals surface area (Å²) in [4.78, 5) is 0. The highest BCUT2D eigenvalue weighted by molar-refractivity contribution is 4.31. The van der Waals surface area contributed by atoms with Gasteiger partial charge in [-0.25, -0.2) is 0 Å². The molecule has 0 fully saturated rings. The van der Waals surface area contributed by atoms with Gasteiger partial charge in [-0.15, -0.1) is 0 Å². The van der Waals surface area contributed by atoms with Crippen molar-refractivity contribution in [1.82, 2.24) is 0 Å². The van der Waals surface area contributed by atoms with Crippen LogP contribution >= 0.6 is 0 Å². The Hall–Kier alpha value is -0.0800. The quantitative estimate of drug-likeness (QED) is 0.607. The molecular weight excluding hydrogens is 140 g/mol. The van der Waals surface area contributed by atoms with Crippen molar-refractivity contribution in [2.75, 3.05) is 13.2 Å². The molecule has 0 radical (unpaired) electrons. The van der Waals surface area contributed by atoms with Gasteiger partial charge in [-0.2, -0.15) is 0 Å². The third-order valence-corrected chi connectivity index (χ3v) is 1.27. The van der Waals surface area contributed by atoms with Crippen LogP contribution in [0.15, 0.2) is 0 Å². The van der Waals surface area contributed by atoms with Gasteiger partial charge in [-0.1, -0.05) is 39.5 Å². The average Bonchev–Trinajstić information content (AvgIpc) is 2.04. The minimum absolute atomic E-state index is 0.0938. The molecule has 0 aliphatic rings. The lowest BCUT2D eigenvalue weighted by atomic mass is 10.2. The zero-order valence-corrected chi connectivity index (χ0v) is 7.84. The first-order valence-electron chi connectivity index (χ1n) is 4.55. The molecule has 11 heavy (non-hydrogen) atoms. The zero-order chi connectivity index (χ0) is 8.95. The van der Waals surface area contributed by atoms with Crippen molar-refractivity contribution in [3.63, 3.8) is 0 Å². The summed E-state index contributed by atoms with van der Waals surface area (Å²) in [5.74, 6) is 0. The molecule has 0 aromatic carbocycles. The molecule has 0 saturated heterocycles. The fourth-order valence-corrected chi connectivity index (χ4v) is 0.571. The predicted octanol–water partition coefficient (Wildman–Crippen LogP) is 1.95. The van der Waals surface area contributed by atoms with Crippen LogP contribution in [0.4, 0.5) is 0 Å². The lowest BCUT2D eigenvalue weighted by Crippen LogP contribution is -1.85. The van der Waals surface area contributed by atoms with Crippen LogP contribution < -0.4 is 0 Å². The highest BCUT2D eigenvalue weighted by atomic mass is 16.3. The summed E-state index contributed by atoms with van der Waals surface area (Å²) in [5, 5.41) is 15.8. The standard InChI is InChI=1S/C6H14.C3H8O2/c1-3-5-6-4-2;4-2-1-3-5/h3-6H2,1-2H3;4-5H,1-3H2. The molecule has 2 heteroatoms. The molecule has 0 amide bonds. The van der Waals surface area contributed by atoms with Crippen molar-refractivity contribution in [2.45, 2.75) is 46.0 Å².